The molecule has 166 valence electrons. The first kappa shape index (κ1) is 24.2. The van der Waals surface area contributed by atoms with Crippen molar-refractivity contribution in [2.24, 2.45) is 11.1 Å². The zero-order valence-corrected chi connectivity index (χ0v) is 16.1. The molecule has 0 saturated heterocycles. The Labute approximate surface area is 174 Å². The molecule has 2 rings (SSSR count). The molecule has 10 heteroatoms. The number of nitrogens with two attached hydrogens (primary N) is 1. The van der Waals surface area contributed by atoms with E-state index in [4.69, 9.17) is 5.73 Å². The predicted octanol–water partition coefficient (Wildman–Crippen LogP) is 4.09. The summed E-state index contributed by atoms with van der Waals surface area (Å²) in [6.07, 6.45) is -9.55. The van der Waals surface area contributed by atoms with Crippen LogP contribution >= 0.6 is 0 Å². The van der Waals surface area contributed by atoms with Gasteiger partial charge in [-0.05, 0) is 35.4 Å². The van der Waals surface area contributed by atoms with E-state index in [1.54, 1.807) is 0 Å². The Hall–Kier alpha value is -3.06. The Morgan fingerprint density at radius 2 is 1.23 bits per heavy atom. The Morgan fingerprint density at radius 1 is 0.839 bits per heavy atom. The second-order valence-electron chi connectivity index (χ2n) is 6.98. The minimum absolute atomic E-state index is 0.0578. The third-order valence-corrected chi connectivity index (χ3v) is 4.65. The first-order valence-corrected chi connectivity index (χ1v) is 9.13. The predicted molar refractivity (Wildman–Crippen MR) is 100 cm³/mol. The molecule has 0 aromatic heterocycles. The number of carbonyl (C=O) groups excluding carboxylic acids is 1. The molecule has 3 N–H and O–H groups in total. The Bertz CT molecular complexity index is 869. The summed E-state index contributed by atoms with van der Waals surface area (Å²) in [7, 11) is 0. The highest BCUT2D eigenvalue weighted by atomic mass is 19.4. The van der Waals surface area contributed by atoms with Crippen molar-refractivity contribution in [3.05, 3.63) is 70.8 Å². The molecular weight excluding hydrogens is 424 g/mol. The van der Waals surface area contributed by atoms with Gasteiger partial charge in [0.25, 0.3) is 0 Å². The lowest BCUT2D eigenvalue weighted by Crippen LogP contribution is -2.44. The fourth-order valence-corrected chi connectivity index (χ4v) is 3.03. The van der Waals surface area contributed by atoms with Gasteiger partial charge in [0.15, 0.2) is 0 Å². The van der Waals surface area contributed by atoms with Crippen LogP contribution < -0.4 is 11.1 Å². The van der Waals surface area contributed by atoms with E-state index in [2.05, 4.69) is 5.32 Å². The van der Waals surface area contributed by atoms with E-state index in [0.717, 1.165) is 48.5 Å². The molecule has 0 fully saturated rings. The second-order valence-corrected chi connectivity index (χ2v) is 6.98. The summed E-state index contributed by atoms with van der Waals surface area (Å²) in [4.78, 5) is 12.8. The summed E-state index contributed by atoms with van der Waals surface area (Å²) in [5.41, 5.74) is 2.45. The van der Waals surface area contributed by atoms with Gasteiger partial charge in [-0.25, -0.2) is 0 Å². The molecule has 0 aliphatic rings. The fraction of sp³-hybridized carbons (Fsp3) is 0.333. The molecule has 0 radical (unpaired) electrons. The molecule has 0 unspecified atom stereocenters. The SMILES string of the molecule is N#CC(Cc1ccc(C(F)(F)F)cc1)(Cc1ccc(C(F)(F)F)cc1)C(=O)NCCN. The average Bonchev–Trinajstić information content (AvgIpc) is 2.71. The molecular formula is C21H19F6N3O. The number of hydrogen-bond acceptors (Lipinski definition) is 3. The third-order valence-electron chi connectivity index (χ3n) is 4.65. The normalized spacial score (nSPS) is 12.3. The van der Waals surface area contributed by atoms with Crippen molar-refractivity contribution in [1.82, 2.24) is 5.32 Å². The summed E-state index contributed by atoms with van der Waals surface area (Å²) in [5, 5.41) is 12.3. The van der Waals surface area contributed by atoms with Crippen LogP contribution in [0.2, 0.25) is 0 Å². The quantitative estimate of drug-likeness (QED) is 0.633. The smallest absolute Gasteiger partial charge is 0.353 e. The maximum Gasteiger partial charge on any atom is 0.416 e. The van der Waals surface area contributed by atoms with Crippen molar-refractivity contribution in [1.29, 1.82) is 5.26 Å². The lowest BCUT2D eigenvalue weighted by Gasteiger charge is -2.26. The van der Waals surface area contributed by atoms with Crippen LogP contribution in [0.25, 0.3) is 0 Å². The molecule has 31 heavy (non-hydrogen) atoms. The lowest BCUT2D eigenvalue weighted by molar-refractivity contribution is -0.138. The maximum atomic E-state index is 12.8. The minimum Gasteiger partial charge on any atom is -0.353 e. The Balaban J connectivity index is 2.37. The molecule has 0 atom stereocenters. The summed E-state index contributed by atoms with van der Waals surface area (Å²) in [6, 6.07) is 9.93. The van der Waals surface area contributed by atoms with E-state index in [0.29, 0.717) is 11.1 Å². The number of hydrogen-bond donors (Lipinski definition) is 2. The monoisotopic (exact) mass is 443 g/mol. The van der Waals surface area contributed by atoms with Gasteiger partial charge in [-0.15, -0.1) is 0 Å². The molecule has 0 heterocycles. The number of nitrogens with zero attached hydrogens (tertiary/aromatic N) is 1. The number of rotatable bonds is 7. The average molecular weight is 443 g/mol. The van der Waals surface area contributed by atoms with Crippen molar-refractivity contribution < 1.29 is 31.1 Å². The zero-order valence-electron chi connectivity index (χ0n) is 16.1. The Kier molecular flexibility index (Phi) is 7.33. The summed E-state index contributed by atoms with van der Waals surface area (Å²) >= 11 is 0. The second kappa shape index (κ2) is 9.39. The van der Waals surface area contributed by atoms with Gasteiger partial charge in [0, 0.05) is 25.9 Å². The van der Waals surface area contributed by atoms with Crippen molar-refractivity contribution in [2.75, 3.05) is 13.1 Å². The van der Waals surface area contributed by atoms with Gasteiger partial charge in [0.1, 0.15) is 5.41 Å². The number of nitriles is 1. The van der Waals surface area contributed by atoms with E-state index in [1.807, 2.05) is 6.07 Å². The van der Waals surface area contributed by atoms with Crippen LogP contribution in [0.4, 0.5) is 26.3 Å². The Morgan fingerprint density at radius 3 is 1.52 bits per heavy atom. The van der Waals surface area contributed by atoms with Gasteiger partial charge < -0.3 is 11.1 Å². The van der Waals surface area contributed by atoms with Gasteiger partial charge in [0.05, 0.1) is 17.2 Å². The molecule has 2 aromatic rings. The van der Waals surface area contributed by atoms with Crippen LogP contribution in [-0.2, 0) is 30.0 Å². The van der Waals surface area contributed by atoms with E-state index < -0.39 is 34.8 Å². The van der Waals surface area contributed by atoms with Crippen LogP contribution in [0.15, 0.2) is 48.5 Å². The van der Waals surface area contributed by atoms with E-state index >= 15 is 0 Å². The maximum absolute atomic E-state index is 12.8. The van der Waals surface area contributed by atoms with Gasteiger partial charge in [-0.2, -0.15) is 31.6 Å². The van der Waals surface area contributed by atoms with Gasteiger partial charge in [-0.1, -0.05) is 24.3 Å². The molecule has 0 saturated carbocycles. The highest BCUT2D eigenvalue weighted by Gasteiger charge is 2.40. The van der Waals surface area contributed by atoms with Crippen LogP contribution in [0.3, 0.4) is 0 Å². The largest absolute Gasteiger partial charge is 0.416 e. The van der Waals surface area contributed by atoms with Crippen molar-refractivity contribution in [3.8, 4) is 6.07 Å². The molecule has 0 bridgehead atoms. The van der Waals surface area contributed by atoms with E-state index in [9.17, 15) is 36.4 Å². The summed E-state index contributed by atoms with van der Waals surface area (Å²) in [5.74, 6) is -0.708. The fourth-order valence-electron chi connectivity index (χ4n) is 3.03. The van der Waals surface area contributed by atoms with Crippen molar-refractivity contribution in [3.63, 3.8) is 0 Å². The lowest BCUT2D eigenvalue weighted by atomic mass is 9.76. The first-order valence-electron chi connectivity index (χ1n) is 9.13. The number of halogens is 6. The molecule has 0 aliphatic carbocycles. The highest BCUT2D eigenvalue weighted by molar-refractivity contribution is 5.86. The van der Waals surface area contributed by atoms with E-state index in [1.165, 1.54) is 0 Å². The van der Waals surface area contributed by atoms with Crippen molar-refractivity contribution >= 4 is 5.91 Å². The number of alkyl halides is 6. The molecule has 0 spiro atoms. The highest BCUT2D eigenvalue weighted by Crippen LogP contribution is 2.33. The topological polar surface area (TPSA) is 78.9 Å². The third kappa shape index (κ3) is 6.21. The first-order chi connectivity index (χ1) is 14.4. The van der Waals surface area contributed by atoms with Crippen LogP contribution in [-0.4, -0.2) is 19.0 Å². The van der Waals surface area contributed by atoms with Crippen LogP contribution in [0, 0.1) is 16.7 Å². The molecule has 2 aromatic carbocycles. The standard InChI is InChI=1S/C21H19F6N3O/c22-20(23,24)16-5-1-14(2-6-16)11-19(13-29,18(31)30-10-9-28)12-15-3-7-17(8-4-15)21(25,26)27/h1-8H,9-12,28H2,(H,30,31). The van der Waals surface area contributed by atoms with E-state index in [-0.39, 0.29) is 25.9 Å². The summed E-state index contributed by atoms with van der Waals surface area (Å²) < 4.78 is 76.7. The minimum atomic E-state index is -4.54. The van der Waals surface area contributed by atoms with Crippen molar-refractivity contribution in [2.45, 2.75) is 25.2 Å². The van der Waals surface area contributed by atoms with Crippen LogP contribution in [0.1, 0.15) is 22.3 Å². The van der Waals surface area contributed by atoms with Gasteiger partial charge >= 0.3 is 12.4 Å². The number of benzene rings is 2. The molecule has 0 aliphatic heterocycles. The van der Waals surface area contributed by atoms with Gasteiger partial charge in [0.2, 0.25) is 5.91 Å². The molecule has 4 nitrogen and oxygen atoms in total. The summed E-state index contributed by atoms with van der Waals surface area (Å²) in [6.45, 7) is 0.149. The number of amides is 1. The molecule has 1 amide bonds. The van der Waals surface area contributed by atoms with Crippen LogP contribution in [0.5, 0.6) is 0 Å². The number of carbonyl (C=O) groups is 1. The zero-order chi connectivity index (χ0) is 23.3. The van der Waals surface area contributed by atoms with Gasteiger partial charge in [-0.3, -0.25) is 4.79 Å². The number of nitrogens with one attached hydrogen (secondary N) is 1.